The van der Waals surface area contributed by atoms with E-state index in [2.05, 4.69) is 25.6 Å². The van der Waals surface area contributed by atoms with Crippen molar-refractivity contribution in [3.05, 3.63) is 64.8 Å². The molecule has 11 heteroatoms. The number of likely N-dealkylation sites (tertiary alicyclic amines) is 1. The summed E-state index contributed by atoms with van der Waals surface area (Å²) in [5.74, 6) is 0.0600. The number of carbonyl (C=O) groups is 3. The molecule has 0 spiro atoms. The normalized spacial score (nSPS) is 22.6. The van der Waals surface area contributed by atoms with E-state index in [1.807, 2.05) is 76.8 Å². The molecule has 1 aliphatic heterocycles. The summed E-state index contributed by atoms with van der Waals surface area (Å²) in [6.45, 7) is 9.90. The summed E-state index contributed by atoms with van der Waals surface area (Å²) >= 11 is 1.59. The molecule has 3 amide bonds. The van der Waals surface area contributed by atoms with Crippen LogP contribution in [-0.2, 0) is 20.9 Å². The van der Waals surface area contributed by atoms with Crippen LogP contribution in [0.5, 0.6) is 0 Å². The van der Waals surface area contributed by atoms with Crippen molar-refractivity contribution >= 4 is 29.1 Å². The summed E-state index contributed by atoms with van der Waals surface area (Å²) in [7, 11) is 0. The van der Waals surface area contributed by atoms with Crippen molar-refractivity contribution in [3.8, 4) is 10.4 Å². The Morgan fingerprint density at radius 1 is 1.00 bits per heavy atom. The monoisotopic (exact) mass is 632 g/mol. The maximum Gasteiger partial charge on any atom is 0.246 e. The van der Waals surface area contributed by atoms with Gasteiger partial charge in [-0.1, -0.05) is 45.0 Å². The van der Waals surface area contributed by atoms with Gasteiger partial charge >= 0.3 is 0 Å². The number of nitrogens with one attached hydrogen (secondary N) is 2. The van der Waals surface area contributed by atoms with Crippen molar-refractivity contribution in [2.24, 2.45) is 11.3 Å². The number of nitrogens with zero attached hydrogens (tertiary/aromatic N) is 4. The molecule has 2 aromatic heterocycles. The Balaban J connectivity index is 1.19. The maximum absolute atomic E-state index is 14.0. The van der Waals surface area contributed by atoms with Gasteiger partial charge in [0.15, 0.2) is 0 Å². The van der Waals surface area contributed by atoms with Crippen LogP contribution in [0.1, 0.15) is 81.4 Å². The summed E-state index contributed by atoms with van der Waals surface area (Å²) in [4.78, 5) is 56.3. The Kier molecular flexibility index (Phi) is 9.98. The van der Waals surface area contributed by atoms with E-state index in [9.17, 15) is 19.5 Å². The molecule has 3 N–H and O–H groups in total. The van der Waals surface area contributed by atoms with E-state index < -0.39 is 23.6 Å². The van der Waals surface area contributed by atoms with Crippen molar-refractivity contribution < 1.29 is 19.5 Å². The second-order valence-electron chi connectivity index (χ2n) is 13.5. The van der Waals surface area contributed by atoms with Crippen LogP contribution in [0, 0.1) is 25.2 Å². The third kappa shape index (κ3) is 7.76. The van der Waals surface area contributed by atoms with Crippen molar-refractivity contribution in [3.63, 3.8) is 0 Å². The van der Waals surface area contributed by atoms with Gasteiger partial charge in [-0.15, -0.1) is 11.3 Å². The first-order valence-corrected chi connectivity index (χ1v) is 16.6. The SMILES string of the molecule is Cc1ncc(C2CCC(C(=O)N[C@H](C(=O)N3C[C@H](O)C[C@H]3C(=O)NCc3ccc(-c4scnc4C)cc3)C(C)(C)C)CC2)cn1. The quantitative estimate of drug-likeness (QED) is 0.337. The van der Waals surface area contributed by atoms with Gasteiger partial charge in [0.05, 0.1) is 22.2 Å². The van der Waals surface area contributed by atoms with Crippen LogP contribution in [0.4, 0.5) is 0 Å². The zero-order valence-electron chi connectivity index (χ0n) is 26.7. The lowest BCUT2D eigenvalue weighted by Gasteiger charge is -2.37. The van der Waals surface area contributed by atoms with Crippen molar-refractivity contribution in [2.45, 2.75) is 97.4 Å². The molecule has 0 unspecified atom stereocenters. The number of carbonyl (C=O) groups excluding carboxylic acids is 3. The number of β-amino-alcohol motifs (C(OH)–C–C–N with tert-alkyl or cyclic N) is 1. The van der Waals surface area contributed by atoms with E-state index in [4.69, 9.17) is 0 Å². The fourth-order valence-electron chi connectivity index (χ4n) is 6.34. The largest absolute Gasteiger partial charge is 0.391 e. The molecule has 1 saturated heterocycles. The molecule has 3 heterocycles. The van der Waals surface area contributed by atoms with Gasteiger partial charge in [0.2, 0.25) is 17.7 Å². The maximum atomic E-state index is 14.0. The Hall–Kier alpha value is -3.70. The van der Waals surface area contributed by atoms with Crippen molar-refractivity contribution in [1.29, 1.82) is 0 Å². The first kappa shape index (κ1) is 32.7. The molecular formula is C34H44N6O4S. The number of aryl methyl sites for hydroxylation is 2. The molecule has 1 aromatic carbocycles. The minimum absolute atomic E-state index is 0.0476. The van der Waals surface area contributed by atoms with Crippen LogP contribution in [0.25, 0.3) is 10.4 Å². The number of rotatable bonds is 8. The van der Waals surface area contributed by atoms with Crippen LogP contribution < -0.4 is 10.6 Å². The number of hydrogen-bond donors (Lipinski definition) is 3. The molecule has 0 radical (unpaired) electrons. The smallest absolute Gasteiger partial charge is 0.246 e. The molecule has 10 nitrogen and oxygen atoms in total. The van der Waals surface area contributed by atoms with E-state index in [0.29, 0.717) is 25.3 Å². The highest BCUT2D eigenvalue weighted by molar-refractivity contribution is 7.13. The van der Waals surface area contributed by atoms with Crippen LogP contribution in [-0.4, -0.2) is 67.4 Å². The fourth-order valence-corrected chi connectivity index (χ4v) is 7.15. The van der Waals surface area contributed by atoms with Gasteiger partial charge in [0.25, 0.3) is 0 Å². The number of aliphatic hydroxyl groups is 1. The van der Waals surface area contributed by atoms with E-state index in [1.165, 1.54) is 4.90 Å². The number of amides is 3. The first-order valence-electron chi connectivity index (χ1n) is 15.7. The van der Waals surface area contributed by atoms with E-state index in [0.717, 1.165) is 45.9 Å². The van der Waals surface area contributed by atoms with Gasteiger partial charge in [-0.25, -0.2) is 15.0 Å². The summed E-state index contributed by atoms with van der Waals surface area (Å²) < 4.78 is 0. The zero-order valence-corrected chi connectivity index (χ0v) is 27.6. The highest BCUT2D eigenvalue weighted by Gasteiger charge is 2.45. The van der Waals surface area contributed by atoms with Crippen molar-refractivity contribution in [2.75, 3.05) is 6.54 Å². The minimum Gasteiger partial charge on any atom is -0.391 e. The van der Waals surface area contributed by atoms with E-state index >= 15 is 0 Å². The molecule has 1 saturated carbocycles. The number of aromatic nitrogens is 3. The lowest BCUT2D eigenvalue weighted by atomic mass is 9.78. The standard InChI is InChI=1S/C34H44N6O4S/c1-20-29(45-19-38-20)24-8-6-22(7-9-24)15-37-32(43)28-14-27(41)18-40(28)33(44)30(34(3,4)5)39-31(42)25-12-10-23(11-13-25)26-16-35-21(2)36-17-26/h6-9,16-17,19,23,25,27-28,30,41H,10-15,18H2,1-5H3,(H,37,43)(H,39,42)/t23?,25?,27-,28+,30-/m1/s1. The molecule has 3 aromatic rings. The molecule has 1 aliphatic carbocycles. The zero-order chi connectivity index (χ0) is 32.3. The fraction of sp³-hybridized carbons (Fsp3) is 0.529. The Morgan fingerprint density at radius 3 is 2.27 bits per heavy atom. The first-order chi connectivity index (χ1) is 21.4. The predicted octanol–water partition coefficient (Wildman–Crippen LogP) is 4.30. The van der Waals surface area contributed by atoms with Crippen LogP contribution >= 0.6 is 11.3 Å². The Labute approximate surface area is 269 Å². The molecule has 45 heavy (non-hydrogen) atoms. The van der Waals surface area contributed by atoms with Crippen molar-refractivity contribution in [1.82, 2.24) is 30.5 Å². The van der Waals surface area contributed by atoms with Crippen LogP contribution in [0.3, 0.4) is 0 Å². The Morgan fingerprint density at radius 2 is 1.67 bits per heavy atom. The lowest BCUT2D eigenvalue weighted by molar-refractivity contribution is -0.144. The predicted molar refractivity (Wildman–Crippen MR) is 173 cm³/mol. The van der Waals surface area contributed by atoms with Crippen LogP contribution in [0.15, 0.2) is 42.2 Å². The molecule has 3 atom stereocenters. The summed E-state index contributed by atoms with van der Waals surface area (Å²) in [6.07, 6.45) is 6.22. The molecule has 2 aliphatic rings. The van der Waals surface area contributed by atoms with Crippen LogP contribution in [0.2, 0.25) is 0 Å². The van der Waals surface area contributed by atoms with E-state index in [1.54, 1.807) is 11.3 Å². The summed E-state index contributed by atoms with van der Waals surface area (Å²) in [5, 5.41) is 16.5. The number of thiazole rings is 1. The second kappa shape index (κ2) is 13.7. The lowest BCUT2D eigenvalue weighted by Crippen LogP contribution is -2.58. The van der Waals surface area contributed by atoms with Gasteiger partial charge in [-0.3, -0.25) is 14.4 Å². The Bertz CT molecular complexity index is 1490. The summed E-state index contributed by atoms with van der Waals surface area (Å²) in [5.41, 5.74) is 5.31. The minimum atomic E-state index is -0.837. The number of hydrogen-bond acceptors (Lipinski definition) is 8. The molecule has 0 bridgehead atoms. The topological polar surface area (TPSA) is 137 Å². The molecule has 2 fully saturated rings. The second-order valence-corrected chi connectivity index (χ2v) is 14.4. The highest BCUT2D eigenvalue weighted by Crippen LogP contribution is 2.36. The third-order valence-electron chi connectivity index (χ3n) is 9.06. The number of aliphatic hydroxyl groups excluding tert-OH is 1. The van der Waals surface area contributed by atoms with E-state index in [-0.39, 0.29) is 36.6 Å². The molecule has 5 rings (SSSR count). The van der Waals surface area contributed by atoms with Gasteiger partial charge in [0.1, 0.15) is 17.9 Å². The van der Waals surface area contributed by atoms with Gasteiger partial charge in [-0.05, 0) is 67.6 Å². The average molecular weight is 633 g/mol. The highest BCUT2D eigenvalue weighted by atomic mass is 32.1. The molecular weight excluding hydrogens is 588 g/mol. The van der Waals surface area contributed by atoms with Gasteiger partial charge in [0, 0.05) is 37.8 Å². The third-order valence-corrected chi connectivity index (χ3v) is 10.0. The number of benzene rings is 1. The van der Waals surface area contributed by atoms with Gasteiger partial charge < -0.3 is 20.6 Å². The molecule has 240 valence electrons. The summed E-state index contributed by atoms with van der Waals surface area (Å²) in [6, 6.07) is 6.30. The van der Waals surface area contributed by atoms with Gasteiger partial charge in [-0.2, -0.15) is 0 Å². The average Bonchev–Trinajstić information content (AvgIpc) is 3.63.